The summed E-state index contributed by atoms with van der Waals surface area (Å²) in [5.74, 6) is -0.937. The highest BCUT2D eigenvalue weighted by Crippen LogP contribution is 2.33. The van der Waals surface area contributed by atoms with Gasteiger partial charge in [0, 0.05) is 17.8 Å². The van der Waals surface area contributed by atoms with E-state index in [-0.39, 0.29) is 0 Å². The molecule has 2 N–H and O–H groups in total. The van der Waals surface area contributed by atoms with Crippen molar-refractivity contribution in [2.24, 2.45) is 0 Å². The second-order valence-electron chi connectivity index (χ2n) is 6.10. The van der Waals surface area contributed by atoms with Crippen molar-refractivity contribution in [3.05, 3.63) is 53.1 Å². The highest BCUT2D eigenvalue weighted by atomic mass is 16.5. The van der Waals surface area contributed by atoms with Gasteiger partial charge in [-0.1, -0.05) is 18.2 Å². The summed E-state index contributed by atoms with van der Waals surface area (Å²) < 4.78 is 11.0. The summed E-state index contributed by atoms with van der Waals surface area (Å²) in [6.07, 6.45) is -0.124. The number of anilines is 1. The average Bonchev–Trinajstić information content (AvgIpc) is 2.85. The predicted octanol–water partition coefficient (Wildman–Crippen LogP) is 2.99. The van der Waals surface area contributed by atoms with Gasteiger partial charge in [-0.15, -0.1) is 0 Å². The van der Waals surface area contributed by atoms with Gasteiger partial charge >= 0.3 is 5.97 Å². The predicted molar refractivity (Wildman–Crippen MR) is 90.1 cm³/mol. The maximum Gasteiger partial charge on any atom is 0.337 e. The van der Waals surface area contributed by atoms with Crippen LogP contribution in [0.1, 0.15) is 22.8 Å². The van der Waals surface area contributed by atoms with Crippen molar-refractivity contribution in [3.8, 4) is 11.1 Å². The van der Waals surface area contributed by atoms with E-state index in [9.17, 15) is 9.90 Å². The van der Waals surface area contributed by atoms with E-state index in [0.29, 0.717) is 19.8 Å². The molecule has 2 aromatic carbocycles. The van der Waals surface area contributed by atoms with E-state index in [1.807, 2.05) is 12.1 Å². The second kappa shape index (κ2) is 6.26. The van der Waals surface area contributed by atoms with E-state index in [1.54, 1.807) is 0 Å². The first-order valence-electron chi connectivity index (χ1n) is 8.14. The molecular weight excluding hydrogens is 306 g/mol. The molecule has 0 spiro atoms. The molecule has 124 valence electrons. The number of benzene rings is 2. The van der Waals surface area contributed by atoms with E-state index in [2.05, 4.69) is 29.6 Å². The molecule has 0 bridgehead atoms. The largest absolute Gasteiger partial charge is 0.479 e. The van der Waals surface area contributed by atoms with Gasteiger partial charge in [-0.3, -0.25) is 0 Å². The zero-order valence-electron chi connectivity index (χ0n) is 13.2. The highest BCUT2D eigenvalue weighted by Gasteiger charge is 2.27. The summed E-state index contributed by atoms with van der Waals surface area (Å²) in [5, 5.41) is 12.7. The maximum absolute atomic E-state index is 11.4. The van der Waals surface area contributed by atoms with Gasteiger partial charge in [-0.25, -0.2) is 4.79 Å². The summed E-state index contributed by atoms with van der Waals surface area (Å²) in [6, 6.07) is 12.2. The molecule has 0 saturated heterocycles. The van der Waals surface area contributed by atoms with Crippen LogP contribution in [-0.2, 0) is 27.3 Å². The molecule has 2 heterocycles. The average molecular weight is 325 g/mol. The Balaban J connectivity index is 1.74. The number of ether oxygens (including phenoxy) is 2. The molecule has 0 fully saturated rings. The van der Waals surface area contributed by atoms with Crippen LogP contribution >= 0.6 is 0 Å². The fraction of sp³-hybridized carbons (Fsp3) is 0.316. The van der Waals surface area contributed by atoms with Crippen LogP contribution in [0, 0.1) is 0 Å². The summed E-state index contributed by atoms with van der Waals surface area (Å²) in [6.45, 7) is 2.54. The van der Waals surface area contributed by atoms with Gasteiger partial charge in [0.05, 0.1) is 19.8 Å². The van der Waals surface area contributed by atoms with Crippen LogP contribution in [0.5, 0.6) is 0 Å². The molecule has 5 heteroatoms. The number of hydrogen-bond acceptors (Lipinski definition) is 4. The Kier molecular flexibility index (Phi) is 3.96. The number of fused-ring (bicyclic) bond motifs is 2. The first kappa shape index (κ1) is 15.2. The lowest BCUT2D eigenvalue weighted by molar-refractivity contribution is -0.151. The van der Waals surface area contributed by atoms with Gasteiger partial charge in [0.1, 0.15) is 0 Å². The molecular formula is C19H19NO4. The molecule has 4 rings (SSSR count). The fourth-order valence-electron chi connectivity index (χ4n) is 3.33. The molecule has 0 radical (unpaired) electrons. The van der Waals surface area contributed by atoms with Crippen molar-refractivity contribution in [1.29, 1.82) is 0 Å². The van der Waals surface area contributed by atoms with E-state index >= 15 is 0 Å². The Morgan fingerprint density at radius 3 is 2.79 bits per heavy atom. The molecule has 0 saturated carbocycles. The quantitative estimate of drug-likeness (QED) is 0.888. The lowest BCUT2D eigenvalue weighted by Crippen LogP contribution is -2.23. The van der Waals surface area contributed by atoms with Gasteiger partial charge in [-0.05, 0) is 46.9 Å². The van der Waals surface area contributed by atoms with Crippen LogP contribution in [0.15, 0.2) is 36.4 Å². The molecule has 2 aliphatic rings. The molecule has 0 amide bonds. The standard InChI is InChI=1S/C19H19NO4/c21-19(22)18-16-10-14(2-1-12(16)5-7-24-18)13-3-4-17-15(9-13)11-23-8-6-20-17/h1-4,9-10,18,20H,5-8,11H2,(H,21,22). The third kappa shape index (κ3) is 2.77. The van der Waals surface area contributed by atoms with Crippen LogP contribution in [0.4, 0.5) is 5.69 Å². The first-order chi connectivity index (χ1) is 11.7. The van der Waals surface area contributed by atoms with Gasteiger partial charge in [0.15, 0.2) is 6.10 Å². The minimum atomic E-state index is -0.937. The van der Waals surface area contributed by atoms with Crippen LogP contribution in [0.25, 0.3) is 11.1 Å². The lowest BCUT2D eigenvalue weighted by Gasteiger charge is -2.23. The van der Waals surface area contributed by atoms with Crippen molar-refractivity contribution in [1.82, 2.24) is 0 Å². The normalized spacial score (nSPS) is 19.6. The SMILES string of the molecule is O=C(O)C1OCCc2ccc(-c3ccc4c(c3)COCCN4)cc21. The van der Waals surface area contributed by atoms with Crippen LogP contribution < -0.4 is 5.32 Å². The zero-order chi connectivity index (χ0) is 16.5. The van der Waals surface area contributed by atoms with Crippen molar-refractivity contribution in [2.75, 3.05) is 25.1 Å². The summed E-state index contributed by atoms with van der Waals surface area (Å²) in [5.41, 5.74) is 6.08. The Bertz CT molecular complexity index is 787. The second-order valence-corrected chi connectivity index (χ2v) is 6.10. The van der Waals surface area contributed by atoms with Gasteiger partial charge < -0.3 is 19.9 Å². The number of hydrogen-bond donors (Lipinski definition) is 2. The highest BCUT2D eigenvalue weighted by molar-refractivity contribution is 5.77. The van der Waals surface area contributed by atoms with Crippen molar-refractivity contribution in [2.45, 2.75) is 19.1 Å². The van der Waals surface area contributed by atoms with Crippen LogP contribution in [-0.4, -0.2) is 30.8 Å². The van der Waals surface area contributed by atoms with Crippen LogP contribution in [0.2, 0.25) is 0 Å². The Hall–Kier alpha value is -2.37. The Morgan fingerprint density at radius 1 is 1.08 bits per heavy atom. The molecule has 5 nitrogen and oxygen atoms in total. The Labute approximate surface area is 140 Å². The number of carboxylic acids is 1. The van der Waals surface area contributed by atoms with E-state index in [4.69, 9.17) is 9.47 Å². The summed E-state index contributed by atoms with van der Waals surface area (Å²) >= 11 is 0. The molecule has 2 aromatic rings. The number of carbonyl (C=O) groups is 1. The Morgan fingerprint density at radius 2 is 1.92 bits per heavy atom. The van der Waals surface area contributed by atoms with Gasteiger partial charge in [0.2, 0.25) is 0 Å². The van der Waals surface area contributed by atoms with Crippen molar-refractivity contribution < 1.29 is 19.4 Å². The van der Waals surface area contributed by atoms with E-state index in [0.717, 1.165) is 46.5 Å². The molecule has 1 atom stereocenters. The number of aliphatic carboxylic acids is 1. The van der Waals surface area contributed by atoms with Gasteiger partial charge in [-0.2, -0.15) is 0 Å². The third-order valence-corrected chi connectivity index (χ3v) is 4.57. The van der Waals surface area contributed by atoms with Crippen molar-refractivity contribution in [3.63, 3.8) is 0 Å². The number of rotatable bonds is 2. The third-order valence-electron chi connectivity index (χ3n) is 4.57. The number of nitrogens with one attached hydrogen (secondary N) is 1. The zero-order valence-corrected chi connectivity index (χ0v) is 13.2. The number of carboxylic acid groups (broad SMARTS) is 1. The smallest absolute Gasteiger partial charge is 0.337 e. The first-order valence-corrected chi connectivity index (χ1v) is 8.14. The maximum atomic E-state index is 11.4. The minimum absolute atomic E-state index is 0.450. The topological polar surface area (TPSA) is 67.8 Å². The molecule has 1 unspecified atom stereocenters. The van der Waals surface area contributed by atoms with E-state index in [1.165, 1.54) is 0 Å². The van der Waals surface area contributed by atoms with E-state index < -0.39 is 12.1 Å². The van der Waals surface area contributed by atoms with Crippen molar-refractivity contribution >= 4 is 11.7 Å². The molecule has 0 aromatic heterocycles. The minimum Gasteiger partial charge on any atom is -0.479 e. The lowest BCUT2D eigenvalue weighted by atomic mass is 9.92. The summed E-state index contributed by atoms with van der Waals surface area (Å²) in [4.78, 5) is 11.4. The van der Waals surface area contributed by atoms with Crippen LogP contribution in [0.3, 0.4) is 0 Å². The monoisotopic (exact) mass is 325 g/mol. The van der Waals surface area contributed by atoms with Gasteiger partial charge in [0.25, 0.3) is 0 Å². The molecule has 0 aliphatic carbocycles. The molecule has 24 heavy (non-hydrogen) atoms. The molecule has 2 aliphatic heterocycles. The fourth-order valence-corrected chi connectivity index (χ4v) is 3.33. The summed E-state index contributed by atoms with van der Waals surface area (Å²) in [7, 11) is 0.